The van der Waals surface area contributed by atoms with Gasteiger partial charge in [-0.1, -0.05) is 23.7 Å². The Labute approximate surface area is 116 Å². The maximum absolute atomic E-state index is 5.82. The Morgan fingerprint density at radius 3 is 2.78 bits per heavy atom. The second kappa shape index (κ2) is 5.39. The lowest BCUT2D eigenvalue weighted by atomic mass is 10.2. The summed E-state index contributed by atoms with van der Waals surface area (Å²) in [5, 5.41) is 2.71. The summed E-state index contributed by atoms with van der Waals surface area (Å²) in [5.41, 5.74) is 1.24. The zero-order chi connectivity index (χ0) is 12.4. The van der Waals surface area contributed by atoms with Gasteiger partial charge in [-0.25, -0.2) is 4.98 Å². The minimum Gasteiger partial charge on any atom is -0.291 e. The van der Waals surface area contributed by atoms with Crippen molar-refractivity contribution in [1.29, 1.82) is 0 Å². The molecule has 0 bridgehead atoms. The Kier molecular flexibility index (Phi) is 3.64. The lowest BCUT2D eigenvalue weighted by Gasteiger charge is -2.21. The molecule has 0 atom stereocenters. The molecule has 0 N–H and O–H groups in total. The smallest absolute Gasteiger partial charge is 0.129 e. The number of hydrogen-bond donors (Lipinski definition) is 0. The van der Waals surface area contributed by atoms with Crippen LogP contribution in [0.4, 0.5) is 0 Å². The molecule has 94 valence electrons. The lowest BCUT2D eigenvalue weighted by Crippen LogP contribution is -2.24. The number of thiophene rings is 1. The molecule has 2 aromatic heterocycles. The average Bonchev–Trinajstić information content (AvgIpc) is 3.10. The van der Waals surface area contributed by atoms with E-state index in [1.807, 2.05) is 23.6 Å². The van der Waals surface area contributed by atoms with Crippen LogP contribution in [0.1, 0.15) is 23.3 Å². The highest BCUT2D eigenvalue weighted by atomic mass is 35.5. The van der Waals surface area contributed by atoms with Crippen molar-refractivity contribution in [3.63, 3.8) is 0 Å². The molecular formula is C14H15ClN2S. The van der Waals surface area contributed by atoms with E-state index in [1.54, 1.807) is 0 Å². The van der Waals surface area contributed by atoms with Crippen molar-refractivity contribution >= 4 is 22.9 Å². The summed E-state index contributed by atoms with van der Waals surface area (Å²) >= 11 is 7.65. The molecule has 1 aliphatic carbocycles. The topological polar surface area (TPSA) is 16.1 Å². The van der Waals surface area contributed by atoms with Crippen molar-refractivity contribution in [2.24, 2.45) is 0 Å². The largest absolute Gasteiger partial charge is 0.291 e. The average molecular weight is 279 g/mol. The SMILES string of the molecule is Clc1ccc(CN(Cc2cccs2)C2CC2)cn1. The Bertz CT molecular complexity index is 491. The molecule has 3 rings (SSSR count). The number of hydrogen-bond acceptors (Lipinski definition) is 3. The fourth-order valence-electron chi connectivity index (χ4n) is 2.09. The van der Waals surface area contributed by atoms with E-state index in [0.717, 1.165) is 19.1 Å². The van der Waals surface area contributed by atoms with Crippen LogP contribution in [0.15, 0.2) is 35.8 Å². The molecule has 0 aromatic carbocycles. The van der Waals surface area contributed by atoms with Gasteiger partial charge in [-0.15, -0.1) is 11.3 Å². The summed E-state index contributed by atoms with van der Waals surface area (Å²) in [4.78, 5) is 8.12. The van der Waals surface area contributed by atoms with Gasteiger partial charge >= 0.3 is 0 Å². The van der Waals surface area contributed by atoms with Crippen molar-refractivity contribution in [3.8, 4) is 0 Å². The molecule has 2 heterocycles. The second-order valence-electron chi connectivity index (χ2n) is 4.70. The predicted molar refractivity (Wildman–Crippen MR) is 75.8 cm³/mol. The third kappa shape index (κ3) is 3.10. The zero-order valence-corrected chi connectivity index (χ0v) is 11.6. The molecule has 0 amide bonds. The maximum atomic E-state index is 5.82. The summed E-state index contributed by atoms with van der Waals surface area (Å²) in [6.07, 6.45) is 4.53. The van der Waals surface area contributed by atoms with E-state index in [-0.39, 0.29) is 0 Å². The van der Waals surface area contributed by atoms with Gasteiger partial charge in [-0.2, -0.15) is 0 Å². The van der Waals surface area contributed by atoms with Gasteiger partial charge in [0.05, 0.1) is 0 Å². The van der Waals surface area contributed by atoms with Gasteiger partial charge < -0.3 is 0 Å². The minimum absolute atomic E-state index is 0.565. The second-order valence-corrected chi connectivity index (χ2v) is 6.12. The number of aromatic nitrogens is 1. The number of nitrogens with zero attached hydrogens (tertiary/aromatic N) is 2. The lowest BCUT2D eigenvalue weighted by molar-refractivity contribution is 0.248. The highest BCUT2D eigenvalue weighted by Crippen LogP contribution is 2.30. The Hall–Kier alpha value is -0.900. The molecule has 0 aliphatic heterocycles. The van der Waals surface area contributed by atoms with E-state index in [2.05, 4.69) is 33.5 Å². The van der Waals surface area contributed by atoms with Gasteiger partial charge in [0.25, 0.3) is 0 Å². The highest BCUT2D eigenvalue weighted by Gasteiger charge is 2.29. The van der Waals surface area contributed by atoms with E-state index >= 15 is 0 Å². The van der Waals surface area contributed by atoms with Crippen molar-refractivity contribution in [2.45, 2.75) is 32.0 Å². The molecule has 18 heavy (non-hydrogen) atoms. The van der Waals surface area contributed by atoms with E-state index in [9.17, 15) is 0 Å². The van der Waals surface area contributed by atoms with Gasteiger partial charge in [0, 0.05) is 30.2 Å². The fourth-order valence-corrected chi connectivity index (χ4v) is 2.93. The van der Waals surface area contributed by atoms with Crippen LogP contribution in [0.3, 0.4) is 0 Å². The molecule has 4 heteroatoms. The van der Waals surface area contributed by atoms with Crippen molar-refractivity contribution < 1.29 is 0 Å². The first kappa shape index (κ1) is 12.2. The van der Waals surface area contributed by atoms with E-state index < -0.39 is 0 Å². The molecule has 0 radical (unpaired) electrons. The number of pyridine rings is 1. The third-order valence-corrected chi connectivity index (χ3v) is 4.26. The molecule has 0 saturated heterocycles. The third-order valence-electron chi connectivity index (χ3n) is 3.18. The fraction of sp³-hybridized carbons (Fsp3) is 0.357. The molecule has 0 unspecified atom stereocenters. The van der Waals surface area contributed by atoms with Crippen molar-refractivity contribution in [3.05, 3.63) is 51.4 Å². The molecule has 1 fully saturated rings. The maximum Gasteiger partial charge on any atom is 0.129 e. The van der Waals surface area contributed by atoms with Crippen LogP contribution in [-0.4, -0.2) is 15.9 Å². The van der Waals surface area contributed by atoms with E-state index in [1.165, 1.54) is 23.3 Å². The molecular weight excluding hydrogens is 264 g/mol. The Balaban J connectivity index is 1.68. The summed E-state index contributed by atoms with van der Waals surface area (Å²) in [6.45, 7) is 2.01. The van der Waals surface area contributed by atoms with Gasteiger partial charge in [0.2, 0.25) is 0 Å². The number of rotatable bonds is 5. The van der Waals surface area contributed by atoms with Crippen LogP contribution in [0.25, 0.3) is 0 Å². The van der Waals surface area contributed by atoms with E-state index in [0.29, 0.717) is 5.15 Å². The summed E-state index contributed by atoms with van der Waals surface area (Å²) in [6, 6.07) is 9.02. The first-order valence-corrected chi connectivity index (χ1v) is 7.44. The van der Waals surface area contributed by atoms with Crippen LogP contribution >= 0.6 is 22.9 Å². The van der Waals surface area contributed by atoms with Crippen LogP contribution in [-0.2, 0) is 13.1 Å². The van der Waals surface area contributed by atoms with Gasteiger partial charge in [-0.3, -0.25) is 4.90 Å². The zero-order valence-electron chi connectivity index (χ0n) is 10.1. The summed E-state index contributed by atoms with van der Waals surface area (Å²) < 4.78 is 0. The molecule has 2 nitrogen and oxygen atoms in total. The Morgan fingerprint density at radius 1 is 1.28 bits per heavy atom. The molecule has 0 spiro atoms. The highest BCUT2D eigenvalue weighted by molar-refractivity contribution is 7.09. The van der Waals surface area contributed by atoms with E-state index in [4.69, 9.17) is 11.6 Å². The summed E-state index contributed by atoms with van der Waals surface area (Å²) in [5.74, 6) is 0. The quantitative estimate of drug-likeness (QED) is 0.770. The van der Waals surface area contributed by atoms with Crippen LogP contribution in [0, 0.1) is 0 Å². The molecule has 1 saturated carbocycles. The van der Waals surface area contributed by atoms with Gasteiger partial charge in [-0.05, 0) is 35.9 Å². The van der Waals surface area contributed by atoms with Gasteiger partial charge in [0.15, 0.2) is 0 Å². The minimum atomic E-state index is 0.565. The van der Waals surface area contributed by atoms with Crippen LogP contribution in [0.5, 0.6) is 0 Å². The predicted octanol–water partition coefficient (Wildman–Crippen LogP) is 3.96. The van der Waals surface area contributed by atoms with Crippen molar-refractivity contribution in [1.82, 2.24) is 9.88 Å². The first-order chi connectivity index (χ1) is 8.81. The number of halogens is 1. The van der Waals surface area contributed by atoms with Crippen LogP contribution in [0.2, 0.25) is 5.15 Å². The Morgan fingerprint density at radius 2 is 2.17 bits per heavy atom. The first-order valence-electron chi connectivity index (χ1n) is 6.18. The summed E-state index contributed by atoms with van der Waals surface area (Å²) in [7, 11) is 0. The monoisotopic (exact) mass is 278 g/mol. The van der Waals surface area contributed by atoms with Crippen LogP contribution < -0.4 is 0 Å². The molecule has 1 aliphatic rings. The van der Waals surface area contributed by atoms with Crippen molar-refractivity contribution in [2.75, 3.05) is 0 Å². The van der Waals surface area contributed by atoms with Gasteiger partial charge in [0.1, 0.15) is 5.15 Å². The standard InChI is InChI=1S/C14H15ClN2S/c15-14-6-3-11(8-16-14)9-17(12-4-5-12)10-13-2-1-7-18-13/h1-3,6-8,12H,4-5,9-10H2. The molecule has 2 aromatic rings. The normalized spacial score (nSPS) is 15.2.